The van der Waals surface area contributed by atoms with E-state index in [9.17, 15) is 0 Å². The molecule has 0 aliphatic heterocycles. The third-order valence-corrected chi connectivity index (χ3v) is 2.10. The van der Waals surface area contributed by atoms with E-state index < -0.39 is 0 Å². The Hall–Kier alpha value is -0.140. The van der Waals surface area contributed by atoms with E-state index >= 15 is 0 Å². The van der Waals surface area contributed by atoms with Crippen LogP contribution in [0.15, 0.2) is 24.3 Å². The lowest BCUT2D eigenvalue weighted by molar-refractivity contribution is 1.42. The van der Waals surface area contributed by atoms with Crippen molar-refractivity contribution in [1.82, 2.24) is 0 Å². The molecular formula is C8H8ClS. The summed E-state index contributed by atoms with van der Waals surface area (Å²) in [5, 5.41) is 0.832. The molecule has 0 atom stereocenters. The summed E-state index contributed by atoms with van der Waals surface area (Å²) < 4.78 is 0. The largest absolute Gasteiger partial charge is 0.156 e. The van der Waals surface area contributed by atoms with Crippen molar-refractivity contribution in [2.24, 2.45) is 0 Å². The Morgan fingerprint density at radius 2 is 2.10 bits per heavy atom. The number of rotatable bonds is 2. The summed E-state index contributed by atoms with van der Waals surface area (Å²) in [5.74, 6) is 0.889. The van der Waals surface area contributed by atoms with Crippen molar-refractivity contribution in [2.75, 3.05) is 0 Å². The van der Waals surface area contributed by atoms with Gasteiger partial charge in [0.05, 0.1) is 0 Å². The van der Waals surface area contributed by atoms with Crippen LogP contribution in [0.3, 0.4) is 0 Å². The van der Waals surface area contributed by atoms with E-state index in [1.807, 2.05) is 24.3 Å². The lowest BCUT2D eigenvalue weighted by Gasteiger charge is -1.98. The van der Waals surface area contributed by atoms with Gasteiger partial charge in [-0.15, -0.1) is 0 Å². The molecule has 0 unspecified atom stereocenters. The fraction of sp³-hybridized carbons (Fsp3) is 0.125. The van der Waals surface area contributed by atoms with Gasteiger partial charge in [-0.3, -0.25) is 0 Å². The van der Waals surface area contributed by atoms with Crippen molar-refractivity contribution in [2.45, 2.75) is 5.75 Å². The highest BCUT2D eigenvalue weighted by molar-refractivity contribution is 7.99. The molecule has 0 heterocycles. The van der Waals surface area contributed by atoms with Crippen LogP contribution in [-0.4, -0.2) is 0 Å². The minimum Gasteiger partial charge on any atom is -0.156 e. The molecule has 0 amide bonds. The lowest BCUT2D eigenvalue weighted by Crippen LogP contribution is -1.78. The molecule has 1 aromatic carbocycles. The fourth-order valence-electron chi connectivity index (χ4n) is 0.725. The number of benzene rings is 1. The van der Waals surface area contributed by atoms with Crippen molar-refractivity contribution in [3.05, 3.63) is 41.1 Å². The summed E-state index contributed by atoms with van der Waals surface area (Å²) in [6.07, 6.45) is 3.68. The second kappa shape index (κ2) is 3.89. The molecule has 0 N–H and O–H groups in total. The average Bonchev–Trinajstić information content (AvgIpc) is 1.94. The lowest BCUT2D eigenvalue weighted by atomic mass is 10.2. The molecule has 10 heavy (non-hydrogen) atoms. The van der Waals surface area contributed by atoms with Gasteiger partial charge in [0.1, 0.15) is 0 Å². The first-order valence-electron chi connectivity index (χ1n) is 2.95. The Morgan fingerprint density at radius 1 is 1.40 bits per heavy atom. The standard InChI is InChI=1S/C8H8ClS/c1-10-6-7-4-2-3-5-8(7)9/h2-5H,1,6H2. The molecule has 1 aromatic rings. The number of halogens is 1. The number of hydrogen-bond donors (Lipinski definition) is 0. The van der Waals surface area contributed by atoms with Crippen LogP contribution in [0.2, 0.25) is 5.02 Å². The second-order valence-corrected chi connectivity index (χ2v) is 3.04. The monoisotopic (exact) mass is 171 g/mol. The summed E-state index contributed by atoms with van der Waals surface area (Å²) in [6, 6.07) is 7.82. The molecule has 0 nitrogen and oxygen atoms in total. The first-order chi connectivity index (χ1) is 4.84. The zero-order valence-corrected chi connectivity index (χ0v) is 7.08. The van der Waals surface area contributed by atoms with Crippen LogP contribution in [0.5, 0.6) is 0 Å². The summed E-state index contributed by atoms with van der Waals surface area (Å²) in [7, 11) is 0. The van der Waals surface area contributed by atoms with E-state index in [0.29, 0.717) is 0 Å². The van der Waals surface area contributed by atoms with Gasteiger partial charge in [0.25, 0.3) is 0 Å². The molecule has 1 radical (unpaired) electrons. The maximum Gasteiger partial charge on any atom is 0.0446 e. The van der Waals surface area contributed by atoms with Gasteiger partial charge in [0, 0.05) is 17.0 Å². The Kier molecular flexibility index (Phi) is 3.10. The van der Waals surface area contributed by atoms with E-state index in [0.717, 1.165) is 16.3 Å². The van der Waals surface area contributed by atoms with Gasteiger partial charge >= 0.3 is 0 Å². The summed E-state index contributed by atoms with van der Waals surface area (Å²) in [4.78, 5) is 0. The van der Waals surface area contributed by atoms with Gasteiger partial charge in [-0.2, -0.15) is 11.8 Å². The van der Waals surface area contributed by atoms with Crippen molar-refractivity contribution < 1.29 is 0 Å². The SMILES string of the molecule is [CH2]SCc1ccccc1Cl. The van der Waals surface area contributed by atoms with E-state index in [1.165, 1.54) is 11.8 Å². The van der Waals surface area contributed by atoms with Gasteiger partial charge in [0.2, 0.25) is 0 Å². The molecule has 0 bridgehead atoms. The zero-order chi connectivity index (χ0) is 7.40. The number of thioether (sulfide) groups is 1. The molecule has 1 rings (SSSR count). The average molecular weight is 172 g/mol. The Labute approximate surface area is 70.6 Å². The molecule has 0 saturated heterocycles. The molecule has 0 aromatic heterocycles. The molecule has 53 valence electrons. The molecule has 0 aliphatic carbocycles. The van der Waals surface area contributed by atoms with Crippen LogP contribution < -0.4 is 0 Å². The highest BCUT2D eigenvalue weighted by Crippen LogP contribution is 2.19. The molecule has 0 spiro atoms. The van der Waals surface area contributed by atoms with Crippen LogP contribution in [-0.2, 0) is 5.75 Å². The first-order valence-corrected chi connectivity index (χ1v) is 4.48. The van der Waals surface area contributed by atoms with Gasteiger partial charge in [-0.25, -0.2) is 0 Å². The van der Waals surface area contributed by atoms with Crippen molar-refractivity contribution in [3.8, 4) is 0 Å². The quantitative estimate of drug-likeness (QED) is 0.658. The predicted molar refractivity (Wildman–Crippen MR) is 48.1 cm³/mol. The van der Waals surface area contributed by atoms with Crippen LogP contribution >= 0.6 is 23.4 Å². The fourth-order valence-corrected chi connectivity index (χ4v) is 1.48. The zero-order valence-electron chi connectivity index (χ0n) is 5.51. The second-order valence-electron chi connectivity index (χ2n) is 1.94. The van der Waals surface area contributed by atoms with E-state index in [1.54, 1.807) is 0 Å². The maximum atomic E-state index is 5.86. The van der Waals surface area contributed by atoms with E-state index in [4.69, 9.17) is 11.6 Å². The summed E-state index contributed by atoms with van der Waals surface area (Å²) in [5.41, 5.74) is 1.16. The summed E-state index contributed by atoms with van der Waals surface area (Å²) in [6.45, 7) is 0. The minimum absolute atomic E-state index is 0.832. The summed E-state index contributed by atoms with van der Waals surface area (Å²) >= 11 is 7.40. The molecule has 2 heteroatoms. The predicted octanol–water partition coefficient (Wildman–Crippen LogP) is 3.36. The smallest absolute Gasteiger partial charge is 0.0446 e. The molecular weight excluding hydrogens is 164 g/mol. The highest BCUT2D eigenvalue weighted by Gasteiger charge is 1.94. The molecule has 0 fully saturated rings. The Morgan fingerprint density at radius 3 is 2.70 bits per heavy atom. The van der Waals surface area contributed by atoms with E-state index in [-0.39, 0.29) is 0 Å². The van der Waals surface area contributed by atoms with E-state index in [2.05, 4.69) is 6.26 Å². The topological polar surface area (TPSA) is 0 Å². The molecule has 0 saturated carbocycles. The van der Waals surface area contributed by atoms with Crippen molar-refractivity contribution >= 4 is 23.4 Å². The van der Waals surface area contributed by atoms with Gasteiger partial charge < -0.3 is 0 Å². The Balaban J connectivity index is 2.81. The maximum absolute atomic E-state index is 5.86. The molecule has 0 aliphatic rings. The number of hydrogen-bond acceptors (Lipinski definition) is 1. The van der Waals surface area contributed by atoms with Crippen LogP contribution in [0.4, 0.5) is 0 Å². The Bertz CT molecular complexity index is 210. The minimum atomic E-state index is 0.832. The van der Waals surface area contributed by atoms with Gasteiger partial charge in [-0.05, 0) is 11.6 Å². The normalized spacial score (nSPS) is 9.80. The van der Waals surface area contributed by atoms with Gasteiger partial charge in [-0.1, -0.05) is 29.8 Å². The van der Waals surface area contributed by atoms with Crippen molar-refractivity contribution in [1.29, 1.82) is 0 Å². The van der Waals surface area contributed by atoms with Crippen molar-refractivity contribution in [3.63, 3.8) is 0 Å². The highest BCUT2D eigenvalue weighted by atomic mass is 35.5. The van der Waals surface area contributed by atoms with Gasteiger partial charge in [0.15, 0.2) is 0 Å². The van der Waals surface area contributed by atoms with Crippen LogP contribution in [0, 0.1) is 6.26 Å². The van der Waals surface area contributed by atoms with Crippen LogP contribution in [0.1, 0.15) is 5.56 Å². The third-order valence-electron chi connectivity index (χ3n) is 1.22. The van der Waals surface area contributed by atoms with Crippen LogP contribution in [0.25, 0.3) is 0 Å². The first kappa shape index (κ1) is 7.96. The third kappa shape index (κ3) is 1.93.